The number of aliphatic imine (C=N–C) groups is 1. The molecule has 0 unspecified atom stereocenters. The van der Waals surface area contributed by atoms with E-state index in [0.717, 1.165) is 30.4 Å². The summed E-state index contributed by atoms with van der Waals surface area (Å²) in [4.78, 5) is 4.56. The average molecular weight is 554 g/mol. The molecular weight excluding hydrogens is 517 g/mol. The van der Waals surface area contributed by atoms with Gasteiger partial charge in [-0.05, 0) is 63.3 Å². The van der Waals surface area contributed by atoms with E-state index in [1.54, 1.807) is 6.92 Å². The van der Waals surface area contributed by atoms with Gasteiger partial charge in [-0.2, -0.15) is 0 Å². The maximum atomic E-state index is 11.7. The van der Waals surface area contributed by atoms with Crippen molar-refractivity contribution in [1.82, 2.24) is 5.32 Å². The lowest BCUT2D eigenvalue weighted by Gasteiger charge is -2.14. The standard InChI is InChI=1S/C21H35N3O4S.HI/c1-4-29(25,26)15-13-23-21(22-12-5-14-27-16-18-6-7-18)24-19-8-10-20(11-9-19)28-17(2)3;/h8-11,17-18H,4-7,12-16H2,1-3H3,(H2,22,23,24);1H. The maximum Gasteiger partial charge on any atom is 0.195 e. The van der Waals surface area contributed by atoms with Gasteiger partial charge in [-0.15, -0.1) is 24.0 Å². The van der Waals surface area contributed by atoms with Gasteiger partial charge in [0.05, 0.1) is 11.9 Å². The van der Waals surface area contributed by atoms with Crippen molar-refractivity contribution in [2.75, 3.05) is 43.1 Å². The number of halogens is 1. The number of hydrogen-bond donors (Lipinski definition) is 2. The molecule has 0 amide bonds. The molecule has 172 valence electrons. The van der Waals surface area contributed by atoms with Gasteiger partial charge in [0.25, 0.3) is 0 Å². The number of sulfone groups is 1. The molecule has 0 aliphatic heterocycles. The van der Waals surface area contributed by atoms with Crippen molar-refractivity contribution in [3.8, 4) is 5.75 Å². The molecule has 2 rings (SSSR count). The molecule has 1 fully saturated rings. The molecule has 9 heteroatoms. The molecule has 0 aromatic heterocycles. The second-order valence-corrected chi connectivity index (χ2v) is 10.1. The lowest BCUT2D eigenvalue weighted by molar-refractivity contribution is 0.123. The van der Waals surface area contributed by atoms with E-state index in [-0.39, 0.29) is 41.6 Å². The number of ether oxygens (including phenoxy) is 2. The van der Waals surface area contributed by atoms with Gasteiger partial charge in [-0.3, -0.25) is 4.99 Å². The molecule has 1 aromatic carbocycles. The molecule has 1 aliphatic carbocycles. The van der Waals surface area contributed by atoms with Gasteiger partial charge in [-0.25, -0.2) is 8.42 Å². The van der Waals surface area contributed by atoms with E-state index in [1.807, 2.05) is 38.1 Å². The van der Waals surface area contributed by atoms with Crippen LogP contribution in [-0.2, 0) is 14.6 Å². The Labute approximate surface area is 198 Å². The van der Waals surface area contributed by atoms with E-state index < -0.39 is 9.84 Å². The first-order chi connectivity index (χ1) is 13.9. The topological polar surface area (TPSA) is 89.0 Å². The van der Waals surface area contributed by atoms with E-state index in [9.17, 15) is 8.42 Å². The molecule has 30 heavy (non-hydrogen) atoms. The van der Waals surface area contributed by atoms with Crippen LogP contribution in [0.4, 0.5) is 5.69 Å². The third-order valence-corrected chi connectivity index (χ3v) is 6.11. The molecule has 1 aliphatic rings. The molecule has 0 atom stereocenters. The van der Waals surface area contributed by atoms with Gasteiger partial charge in [-0.1, -0.05) is 6.92 Å². The van der Waals surface area contributed by atoms with E-state index >= 15 is 0 Å². The highest BCUT2D eigenvalue weighted by molar-refractivity contribution is 14.0. The van der Waals surface area contributed by atoms with E-state index in [0.29, 0.717) is 25.7 Å². The smallest absolute Gasteiger partial charge is 0.195 e. The molecule has 0 spiro atoms. The van der Waals surface area contributed by atoms with Crippen LogP contribution in [0.2, 0.25) is 0 Å². The van der Waals surface area contributed by atoms with Crippen molar-refractivity contribution in [1.29, 1.82) is 0 Å². The molecule has 0 bridgehead atoms. The number of anilines is 1. The predicted octanol–water partition coefficient (Wildman–Crippen LogP) is 3.70. The quantitative estimate of drug-likeness (QED) is 0.168. The van der Waals surface area contributed by atoms with Gasteiger partial charge in [0.15, 0.2) is 15.8 Å². The second-order valence-electron chi connectivity index (χ2n) is 7.58. The highest BCUT2D eigenvalue weighted by Crippen LogP contribution is 2.28. The number of guanidine groups is 1. The third-order valence-electron chi connectivity index (χ3n) is 4.40. The fourth-order valence-corrected chi connectivity index (χ4v) is 3.23. The summed E-state index contributed by atoms with van der Waals surface area (Å²) in [6, 6.07) is 7.62. The molecule has 0 heterocycles. The zero-order chi connectivity index (χ0) is 21.1. The highest BCUT2D eigenvalue weighted by Gasteiger charge is 2.20. The Morgan fingerprint density at radius 3 is 2.53 bits per heavy atom. The van der Waals surface area contributed by atoms with Gasteiger partial charge in [0.2, 0.25) is 0 Å². The van der Waals surface area contributed by atoms with Crippen molar-refractivity contribution in [3.63, 3.8) is 0 Å². The molecule has 0 saturated heterocycles. The molecule has 2 N–H and O–H groups in total. The first-order valence-electron chi connectivity index (χ1n) is 10.5. The summed E-state index contributed by atoms with van der Waals surface area (Å²) >= 11 is 0. The van der Waals surface area contributed by atoms with Gasteiger partial charge < -0.3 is 20.1 Å². The normalized spacial score (nSPS) is 14.3. The van der Waals surface area contributed by atoms with Crippen molar-refractivity contribution in [3.05, 3.63) is 24.3 Å². The summed E-state index contributed by atoms with van der Waals surface area (Å²) in [6.07, 6.45) is 3.53. The molecule has 0 radical (unpaired) electrons. The Balaban J connectivity index is 0.00000450. The lowest BCUT2D eigenvalue weighted by Crippen LogP contribution is -2.35. The van der Waals surface area contributed by atoms with Crippen molar-refractivity contribution in [2.24, 2.45) is 10.9 Å². The largest absolute Gasteiger partial charge is 0.491 e. The van der Waals surface area contributed by atoms with Gasteiger partial charge in [0.1, 0.15) is 5.75 Å². The zero-order valence-electron chi connectivity index (χ0n) is 18.2. The summed E-state index contributed by atoms with van der Waals surface area (Å²) in [5, 5.41) is 6.34. The average Bonchev–Trinajstić information content (AvgIpc) is 3.49. The van der Waals surface area contributed by atoms with Crippen molar-refractivity contribution >= 4 is 45.5 Å². The number of nitrogens with one attached hydrogen (secondary N) is 2. The van der Waals surface area contributed by atoms with Crippen LogP contribution in [-0.4, -0.2) is 58.3 Å². The van der Waals surface area contributed by atoms with E-state index in [4.69, 9.17) is 9.47 Å². The minimum Gasteiger partial charge on any atom is -0.491 e. The Bertz CT molecular complexity index is 735. The SMILES string of the molecule is CCS(=O)(=O)CCNC(=NCCCOCC1CC1)Nc1ccc(OC(C)C)cc1.I. The number of hydrogen-bond acceptors (Lipinski definition) is 5. The molecular formula is C21H36IN3O4S. The maximum absolute atomic E-state index is 11.7. The van der Waals surface area contributed by atoms with Gasteiger partial charge >= 0.3 is 0 Å². The van der Waals surface area contributed by atoms with Crippen LogP contribution in [0, 0.1) is 5.92 Å². The first kappa shape index (κ1) is 27.0. The van der Waals surface area contributed by atoms with Crippen LogP contribution in [0.3, 0.4) is 0 Å². The summed E-state index contributed by atoms with van der Waals surface area (Å²) in [6.45, 7) is 8.10. The van der Waals surface area contributed by atoms with Crippen LogP contribution >= 0.6 is 24.0 Å². The fourth-order valence-electron chi connectivity index (χ4n) is 2.53. The number of rotatable bonds is 13. The molecule has 1 saturated carbocycles. The minimum absolute atomic E-state index is 0. The first-order valence-corrected chi connectivity index (χ1v) is 12.3. The zero-order valence-corrected chi connectivity index (χ0v) is 21.4. The van der Waals surface area contributed by atoms with E-state index in [1.165, 1.54) is 12.8 Å². The Kier molecular flexibility index (Phi) is 12.7. The summed E-state index contributed by atoms with van der Waals surface area (Å²) in [5.41, 5.74) is 0.857. The Morgan fingerprint density at radius 1 is 1.23 bits per heavy atom. The fraction of sp³-hybridized carbons (Fsp3) is 0.667. The lowest BCUT2D eigenvalue weighted by atomic mass is 10.3. The summed E-state index contributed by atoms with van der Waals surface area (Å²) < 4.78 is 34.8. The number of benzene rings is 1. The molecule has 1 aromatic rings. The molecule has 7 nitrogen and oxygen atoms in total. The summed E-state index contributed by atoms with van der Waals surface area (Å²) in [5.74, 6) is 2.36. The highest BCUT2D eigenvalue weighted by atomic mass is 127. The predicted molar refractivity (Wildman–Crippen MR) is 134 cm³/mol. The van der Waals surface area contributed by atoms with Crippen molar-refractivity contribution < 1.29 is 17.9 Å². The monoisotopic (exact) mass is 553 g/mol. The minimum atomic E-state index is -3.02. The van der Waals surface area contributed by atoms with Crippen LogP contribution in [0.5, 0.6) is 5.75 Å². The Morgan fingerprint density at radius 2 is 1.93 bits per heavy atom. The van der Waals surface area contributed by atoms with Crippen molar-refractivity contribution in [2.45, 2.75) is 46.1 Å². The number of nitrogens with zero attached hydrogens (tertiary/aromatic N) is 1. The van der Waals surface area contributed by atoms with Crippen LogP contribution in [0.1, 0.15) is 40.0 Å². The van der Waals surface area contributed by atoms with Crippen LogP contribution in [0.25, 0.3) is 0 Å². The Hall–Kier alpha value is -1.07. The summed E-state index contributed by atoms with van der Waals surface area (Å²) in [7, 11) is -3.02. The van der Waals surface area contributed by atoms with E-state index in [2.05, 4.69) is 15.6 Å². The van der Waals surface area contributed by atoms with Crippen LogP contribution < -0.4 is 15.4 Å². The third kappa shape index (κ3) is 11.9. The second kappa shape index (κ2) is 14.1. The van der Waals surface area contributed by atoms with Gasteiger partial charge in [0, 0.05) is 37.7 Å². The van der Waals surface area contributed by atoms with Crippen LogP contribution in [0.15, 0.2) is 29.3 Å².